The predicted octanol–water partition coefficient (Wildman–Crippen LogP) is 2.45. The number of amides is 2. The van der Waals surface area contributed by atoms with Crippen molar-refractivity contribution in [3.8, 4) is 10.6 Å². The van der Waals surface area contributed by atoms with Crippen molar-refractivity contribution in [1.82, 2.24) is 15.2 Å². The number of hydrogen-bond donors (Lipinski definition) is 2. The van der Waals surface area contributed by atoms with Crippen molar-refractivity contribution in [2.24, 2.45) is 5.73 Å². The third-order valence-corrected chi connectivity index (χ3v) is 5.82. The molecule has 2 aromatic rings. The molecule has 0 bridgehead atoms. The molecule has 6 nitrogen and oxygen atoms in total. The number of aryl methyl sites for hydroxylation is 1. The number of nitrogens with zero attached hydrogens (tertiary/aromatic N) is 2. The van der Waals surface area contributed by atoms with Gasteiger partial charge in [0.2, 0.25) is 5.91 Å². The molecule has 3 N–H and O–H groups in total. The van der Waals surface area contributed by atoms with Gasteiger partial charge in [-0.2, -0.15) is 0 Å². The fourth-order valence-electron chi connectivity index (χ4n) is 3.06. The highest BCUT2D eigenvalue weighted by molar-refractivity contribution is 7.17. The summed E-state index contributed by atoms with van der Waals surface area (Å²) in [5.41, 5.74) is 6.85. The summed E-state index contributed by atoms with van der Waals surface area (Å²) >= 11 is 7.41. The molecule has 2 heterocycles. The van der Waals surface area contributed by atoms with E-state index in [-0.39, 0.29) is 24.4 Å². The minimum absolute atomic E-state index is 0.0957. The maximum absolute atomic E-state index is 12.7. The molecule has 0 unspecified atom stereocenters. The summed E-state index contributed by atoms with van der Waals surface area (Å²) in [6, 6.07) is 7.55. The van der Waals surface area contributed by atoms with Crippen LogP contribution in [0, 0.1) is 6.92 Å². The van der Waals surface area contributed by atoms with E-state index in [1.54, 1.807) is 0 Å². The van der Waals surface area contributed by atoms with Crippen LogP contribution in [0.15, 0.2) is 24.3 Å². The molecule has 1 saturated heterocycles. The quantitative estimate of drug-likeness (QED) is 0.818. The van der Waals surface area contributed by atoms with Gasteiger partial charge < -0.3 is 11.1 Å². The van der Waals surface area contributed by atoms with Gasteiger partial charge in [0.1, 0.15) is 9.88 Å². The molecule has 0 saturated carbocycles. The van der Waals surface area contributed by atoms with Crippen LogP contribution in [0.1, 0.15) is 28.2 Å². The molecule has 138 valence electrons. The minimum atomic E-state index is -0.318. The number of aromatic nitrogens is 1. The Morgan fingerprint density at radius 3 is 2.77 bits per heavy atom. The first-order valence-electron chi connectivity index (χ1n) is 8.47. The molecule has 0 radical (unpaired) electrons. The molecule has 1 aliphatic heterocycles. The van der Waals surface area contributed by atoms with E-state index in [1.807, 2.05) is 36.1 Å². The molecular formula is C18H21ClN4O2S. The average molecular weight is 393 g/mol. The maximum Gasteiger partial charge on any atom is 0.263 e. The molecule has 2 amide bonds. The van der Waals surface area contributed by atoms with Gasteiger partial charge in [0.15, 0.2) is 0 Å². The van der Waals surface area contributed by atoms with E-state index in [1.165, 1.54) is 11.3 Å². The van der Waals surface area contributed by atoms with Crippen LogP contribution in [-0.4, -0.2) is 47.4 Å². The van der Waals surface area contributed by atoms with E-state index in [0.717, 1.165) is 36.5 Å². The van der Waals surface area contributed by atoms with Gasteiger partial charge in [0.25, 0.3) is 5.91 Å². The summed E-state index contributed by atoms with van der Waals surface area (Å²) in [5.74, 6) is -0.414. The maximum atomic E-state index is 12.7. The Morgan fingerprint density at radius 2 is 2.12 bits per heavy atom. The van der Waals surface area contributed by atoms with Gasteiger partial charge in [-0.05, 0) is 31.9 Å². The number of halogens is 1. The van der Waals surface area contributed by atoms with E-state index in [2.05, 4.69) is 10.3 Å². The zero-order chi connectivity index (χ0) is 18.7. The second-order valence-corrected chi connectivity index (χ2v) is 7.87. The summed E-state index contributed by atoms with van der Waals surface area (Å²) < 4.78 is 0. The summed E-state index contributed by atoms with van der Waals surface area (Å²) in [6.45, 7) is 3.62. The summed E-state index contributed by atoms with van der Waals surface area (Å²) in [4.78, 5) is 30.8. The lowest BCUT2D eigenvalue weighted by atomic mass is 10.0. The molecule has 1 aromatic heterocycles. The van der Waals surface area contributed by atoms with Crippen LogP contribution in [0.3, 0.4) is 0 Å². The lowest BCUT2D eigenvalue weighted by molar-refractivity contribution is -0.119. The number of primary amides is 1. The van der Waals surface area contributed by atoms with Gasteiger partial charge in [-0.25, -0.2) is 4.98 Å². The van der Waals surface area contributed by atoms with Crippen molar-refractivity contribution >= 4 is 34.8 Å². The second-order valence-electron chi connectivity index (χ2n) is 6.43. The number of nitrogens with one attached hydrogen (secondary N) is 1. The first kappa shape index (κ1) is 18.8. The van der Waals surface area contributed by atoms with Crippen molar-refractivity contribution in [2.75, 3.05) is 19.6 Å². The van der Waals surface area contributed by atoms with Gasteiger partial charge in [-0.3, -0.25) is 14.5 Å². The SMILES string of the molecule is Cc1nc(-c2cccc(Cl)c2)sc1C(=O)NC1CCN(CC(N)=O)CC1. The van der Waals surface area contributed by atoms with E-state index < -0.39 is 0 Å². The molecule has 1 fully saturated rings. The van der Waals surface area contributed by atoms with Gasteiger partial charge in [-0.15, -0.1) is 11.3 Å². The summed E-state index contributed by atoms with van der Waals surface area (Å²) in [7, 11) is 0. The molecular weight excluding hydrogens is 372 g/mol. The third-order valence-electron chi connectivity index (χ3n) is 4.38. The number of rotatable bonds is 5. The molecule has 0 aliphatic carbocycles. The highest BCUT2D eigenvalue weighted by Gasteiger charge is 2.24. The number of likely N-dealkylation sites (tertiary alicyclic amines) is 1. The Balaban J connectivity index is 1.63. The van der Waals surface area contributed by atoms with Gasteiger partial charge in [0.05, 0.1) is 12.2 Å². The number of carbonyl (C=O) groups is 2. The monoisotopic (exact) mass is 392 g/mol. The van der Waals surface area contributed by atoms with Crippen molar-refractivity contribution < 1.29 is 9.59 Å². The minimum Gasteiger partial charge on any atom is -0.369 e. The predicted molar refractivity (Wildman–Crippen MR) is 103 cm³/mol. The number of hydrogen-bond acceptors (Lipinski definition) is 5. The largest absolute Gasteiger partial charge is 0.369 e. The number of thiazole rings is 1. The zero-order valence-corrected chi connectivity index (χ0v) is 16.1. The highest BCUT2D eigenvalue weighted by atomic mass is 35.5. The number of nitrogens with two attached hydrogens (primary N) is 1. The smallest absolute Gasteiger partial charge is 0.263 e. The van der Waals surface area contributed by atoms with Crippen LogP contribution in [0.25, 0.3) is 10.6 Å². The first-order chi connectivity index (χ1) is 12.4. The molecule has 3 rings (SSSR count). The topological polar surface area (TPSA) is 88.3 Å². The second kappa shape index (κ2) is 8.16. The van der Waals surface area contributed by atoms with Crippen molar-refractivity contribution in [3.05, 3.63) is 39.9 Å². The van der Waals surface area contributed by atoms with Crippen molar-refractivity contribution in [3.63, 3.8) is 0 Å². The average Bonchev–Trinajstić information content (AvgIpc) is 2.98. The fourth-order valence-corrected chi connectivity index (χ4v) is 4.21. The standard InChI is InChI=1S/C18H21ClN4O2S/c1-11-16(26-18(21-11)12-3-2-4-13(19)9-12)17(25)22-14-5-7-23(8-6-14)10-15(20)24/h2-4,9,14H,5-8,10H2,1H3,(H2,20,24)(H,22,25). The molecule has 0 spiro atoms. The van der Waals surface area contributed by atoms with Gasteiger partial charge >= 0.3 is 0 Å². The van der Waals surface area contributed by atoms with E-state index in [4.69, 9.17) is 17.3 Å². The Labute approximate surface area is 161 Å². The van der Waals surface area contributed by atoms with Gasteiger partial charge in [-0.1, -0.05) is 23.7 Å². The Morgan fingerprint density at radius 1 is 1.38 bits per heavy atom. The summed E-state index contributed by atoms with van der Waals surface area (Å²) in [5, 5.41) is 4.51. The zero-order valence-electron chi connectivity index (χ0n) is 14.5. The Bertz CT molecular complexity index is 815. The Kier molecular flexibility index (Phi) is 5.90. The van der Waals surface area contributed by atoms with E-state index in [9.17, 15) is 9.59 Å². The van der Waals surface area contributed by atoms with Crippen LogP contribution in [-0.2, 0) is 4.79 Å². The van der Waals surface area contributed by atoms with Crippen LogP contribution in [0.5, 0.6) is 0 Å². The highest BCUT2D eigenvalue weighted by Crippen LogP contribution is 2.29. The molecule has 26 heavy (non-hydrogen) atoms. The molecule has 8 heteroatoms. The number of carbonyl (C=O) groups excluding carboxylic acids is 2. The number of piperidine rings is 1. The molecule has 0 atom stereocenters. The number of benzene rings is 1. The van der Waals surface area contributed by atoms with Crippen LogP contribution < -0.4 is 11.1 Å². The van der Waals surface area contributed by atoms with Crippen LogP contribution >= 0.6 is 22.9 Å². The van der Waals surface area contributed by atoms with E-state index >= 15 is 0 Å². The normalized spacial score (nSPS) is 15.8. The lowest BCUT2D eigenvalue weighted by Gasteiger charge is -2.31. The van der Waals surface area contributed by atoms with E-state index in [0.29, 0.717) is 15.6 Å². The van der Waals surface area contributed by atoms with Crippen LogP contribution in [0.2, 0.25) is 5.02 Å². The first-order valence-corrected chi connectivity index (χ1v) is 9.66. The molecule has 1 aliphatic rings. The Hall–Kier alpha value is -1.96. The van der Waals surface area contributed by atoms with Crippen molar-refractivity contribution in [1.29, 1.82) is 0 Å². The molecule has 1 aromatic carbocycles. The van der Waals surface area contributed by atoms with Gasteiger partial charge in [0, 0.05) is 29.7 Å². The summed E-state index contributed by atoms with van der Waals surface area (Å²) in [6.07, 6.45) is 1.61. The van der Waals surface area contributed by atoms with Crippen LogP contribution in [0.4, 0.5) is 0 Å². The third kappa shape index (κ3) is 4.60. The van der Waals surface area contributed by atoms with Crippen molar-refractivity contribution in [2.45, 2.75) is 25.8 Å². The fraction of sp³-hybridized carbons (Fsp3) is 0.389. The lowest BCUT2D eigenvalue weighted by Crippen LogP contribution is -2.46.